The Morgan fingerprint density at radius 2 is 1.89 bits per heavy atom. The number of para-hydroxylation sites is 1. The van der Waals surface area contributed by atoms with Gasteiger partial charge in [-0.3, -0.25) is 4.79 Å². The maximum atomic E-state index is 12.3. The van der Waals surface area contributed by atoms with Crippen LogP contribution in [0.25, 0.3) is 11.3 Å². The normalized spacial score (nSPS) is 10.3. The number of carbonyl (C=O) groups excluding carboxylic acids is 1. The Morgan fingerprint density at radius 1 is 1.15 bits per heavy atom. The van der Waals surface area contributed by atoms with Crippen molar-refractivity contribution >= 4 is 35.0 Å². The Balaban J connectivity index is 1.74. The zero-order chi connectivity index (χ0) is 19.2. The molecule has 0 spiro atoms. The molecular weight excluding hydrogens is 378 g/mol. The highest BCUT2D eigenvalue weighted by Crippen LogP contribution is 2.26. The average Bonchev–Trinajstić information content (AvgIpc) is 2.68. The molecule has 0 aliphatic heterocycles. The summed E-state index contributed by atoms with van der Waals surface area (Å²) in [5.74, 6) is 0.0250. The highest BCUT2D eigenvalue weighted by molar-refractivity contribution is 8.00. The van der Waals surface area contributed by atoms with Crippen LogP contribution in [-0.4, -0.2) is 16.6 Å². The summed E-state index contributed by atoms with van der Waals surface area (Å²) in [4.78, 5) is 16.8. The van der Waals surface area contributed by atoms with Gasteiger partial charge in [-0.25, -0.2) is 4.98 Å². The third-order valence-electron chi connectivity index (χ3n) is 3.88. The molecule has 0 saturated carbocycles. The molecule has 6 heteroatoms. The fraction of sp³-hybridized carbons (Fsp3) is 0.0952. The number of pyridine rings is 1. The monoisotopic (exact) mass is 393 g/mol. The first-order valence-electron chi connectivity index (χ1n) is 8.22. The zero-order valence-corrected chi connectivity index (χ0v) is 16.1. The van der Waals surface area contributed by atoms with Crippen molar-refractivity contribution in [3.05, 3.63) is 76.8 Å². The first-order valence-corrected chi connectivity index (χ1v) is 9.58. The standard InChI is InChI=1S/C21H16ClN3OS/c1-14-4-2-3-5-18(14)24-20(26)13-27-21-16(12-23)8-11-19(25-21)15-6-9-17(22)10-7-15/h2-11H,13H2,1H3,(H,24,26). The van der Waals surface area contributed by atoms with Crippen LogP contribution >= 0.6 is 23.4 Å². The van der Waals surface area contributed by atoms with E-state index in [0.29, 0.717) is 15.6 Å². The van der Waals surface area contributed by atoms with Gasteiger partial charge in [0.05, 0.1) is 17.0 Å². The Labute approximate surface area is 167 Å². The number of rotatable bonds is 5. The molecule has 0 unspecified atom stereocenters. The summed E-state index contributed by atoms with van der Waals surface area (Å²) in [5.41, 5.74) is 3.85. The van der Waals surface area contributed by atoms with E-state index >= 15 is 0 Å². The lowest BCUT2D eigenvalue weighted by atomic mass is 10.1. The van der Waals surface area contributed by atoms with Gasteiger partial charge in [0.2, 0.25) is 5.91 Å². The molecule has 0 saturated heterocycles. The second kappa shape index (κ2) is 8.72. The van der Waals surface area contributed by atoms with Crippen molar-refractivity contribution in [1.82, 2.24) is 4.98 Å². The molecule has 27 heavy (non-hydrogen) atoms. The molecule has 2 aromatic carbocycles. The van der Waals surface area contributed by atoms with Crippen molar-refractivity contribution in [2.24, 2.45) is 0 Å². The summed E-state index contributed by atoms with van der Waals surface area (Å²) >= 11 is 7.17. The largest absolute Gasteiger partial charge is 0.325 e. The summed E-state index contributed by atoms with van der Waals surface area (Å²) in [6.45, 7) is 1.94. The third-order valence-corrected chi connectivity index (χ3v) is 5.12. The number of nitrogens with one attached hydrogen (secondary N) is 1. The Morgan fingerprint density at radius 3 is 2.59 bits per heavy atom. The van der Waals surface area contributed by atoms with E-state index in [1.165, 1.54) is 11.8 Å². The smallest absolute Gasteiger partial charge is 0.234 e. The van der Waals surface area contributed by atoms with Gasteiger partial charge in [0, 0.05) is 16.3 Å². The van der Waals surface area contributed by atoms with Crippen LogP contribution in [0.2, 0.25) is 5.02 Å². The molecule has 0 radical (unpaired) electrons. The summed E-state index contributed by atoms with van der Waals surface area (Å²) < 4.78 is 0. The number of carbonyl (C=O) groups is 1. The molecule has 1 N–H and O–H groups in total. The van der Waals surface area contributed by atoms with E-state index < -0.39 is 0 Å². The lowest BCUT2D eigenvalue weighted by Crippen LogP contribution is -2.15. The fourth-order valence-electron chi connectivity index (χ4n) is 2.45. The van der Waals surface area contributed by atoms with Crippen molar-refractivity contribution in [3.8, 4) is 17.3 Å². The number of nitriles is 1. The molecule has 0 fully saturated rings. The van der Waals surface area contributed by atoms with Gasteiger partial charge in [0.1, 0.15) is 11.1 Å². The minimum Gasteiger partial charge on any atom is -0.325 e. The van der Waals surface area contributed by atoms with Crippen LogP contribution in [-0.2, 0) is 4.79 Å². The number of anilines is 1. The topological polar surface area (TPSA) is 65.8 Å². The zero-order valence-electron chi connectivity index (χ0n) is 14.6. The lowest BCUT2D eigenvalue weighted by molar-refractivity contribution is -0.113. The van der Waals surface area contributed by atoms with E-state index in [-0.39, 0.29) is 11.7 Å². The molecule has 134 valence electrons. The molecule has 1 aromatic heterocycles. The van der Waals surface area contributed by atoms with Crippen molar-refractivity contribution in [2.75, 3.05) is 11.1 Å². The summed E-state index contributed by atoms with van der Waals surface area (Å²) in [7, 11) is 0. The number of hydrogen-bond donors (Lipinski definition) is 1. The van der Waals surface area contributed by atoms with Crippen LogP contribution in [0, 0.1) is 18.3 Å². The summed E-state index contributed by atoms with van der Waals surface area (Å²) in [5, 5.41) is 13.4. The molecule has 0 atom stereocenters. The first kappa shape index (κ1) is 19.0. The average molecular weight is 394 g/mol. The first-order chi connectivity index (χ1) is 13.1. The van der Waals surface area contributed by atoms with Crippen LogP contribution in [0.15, 0.2) is 65.7 Å². The Hall–Kier alpha value is -2.81. The maximum absolute atomic E-state index is 12.3. The van der Waals surface area contributed by atoms with Crippen LogP contribution < -0.4 is 5.32 Å². The van der Waals surface area contributed by atoms with E-state index in [0.717, 1.165) is 22.5 Å². The van der Waals surface area contributed by atoms with Gasteiger partial charge in [-0.1, -0.05) is 53.7 Å². The highest BCUT2D eigenvalue weighted by Gasteiger charge is 2.11. The number of halogens is 1. The second-order valence-electron chi connectivity index (χ2n) is 5.82. The Kier molecular flexibility index (Phi) is 6.12. The number of thioether (sulfide) groups is 1. The van der Waals surface area contributed by atoms with Gasteiger partial charge in [0.25, 0.3) is 0 Å². The van der Waals surface area contributed by atoms with E-state index in [4.69, 9.17) is 11.6 Å². The number of hydrogen-bond acceptors (Lipinski definition) is 4. The molecule has 0 aliphatic rings. The van der Waals surface area contributed by atoms with Crippen molar-refractivity contribution in [1.29, 1.82) is 5.26 Å². The summed E-state index contributed by atoms with van der Waals surface area (Å²) in [6, 6.07) is 20.6. The SMILES string of the molecule is Cc1ccccc1NC(=O)CSc1nc(-c2ccc(Cl)cc2)ccc1C#N. The molecule has 0 aliphatic carbocycles. The number of nitrogens with zero attached hydrogens (tertiary/aromatic N) is 2. The fourth-order valence-corrected chi connectivity index (χ4v) is 3.35. The van der Waals surface area contributed by atoms with Gasteiger partial charge in [-0.05, 0) is 42.8 Å². The number of benzene rings is 2. The van der Waals surface area contributed by atoms with Crippen LogP contribution in [0.1, 0.15) is 11.1 Å². The molecule has 0 bridgehead atoms. The van der Waals surface area contributed by atoms with Gasteiger partial charge in [0.15, 0.2) is 0 Å². The minimum absolute atomic E-state index is 0.142. The maximum Gasteiger partial charge on any atom is 0.234 e. The number of amides is 1. The van der Waals surface area contributed by atoms with Crippen molar-refractivity contribution in [3.63, 3.8) is 0 Å². The minimum atomic E-state index is -0.142. The molecular formula is C21H16ClN3OS. The predicted octanol–water partition coefficient (Wildman–Crippen LogP) is 5.31. The molecule has 1 amide bonds. The van der Waals surface area contributed by atoms with E-state index in [1.807, 2.05) is 43.3 Å². The molecule has 3 rings (SSSR count). The van der Waals surface area contributed by atoms with Crippen LogP contribution in [0.4, 0.5) is 5.69 Å². The van der Waals surface area contributed by atoms with Crippen molar-refractivity contribution < 1.29 is 4.79 Å². The van der Waals surface area contributed by atoms with Crippen molar-refractivity contribution in [2.45, 2.75) is 11.9 Å². The second-order valence-corrected chi connectivity index (χ2v) is 7.22. The van der Waals surface area contributed by atoms with Gasteiger partial charge in [-0.2, -0.15) is 5.26 Å². The molecule has 4 nitrogen and oxygen atoms in total. The molecule has 3 aromatic rings. The van der Waals surface area contributed by atoms with Crippen LogP contribution in [0.5, 0.6) is 0 Å². The van der Waals surface area contributed by atoms with Crippen LogP contribution in [0.3, 0.4) is 0 Å². The van der Waals surface area contributed by atoms with E-state index in [9.17, 15) is 10.1 Å². The van der Waals surface area contributed by atoms with Gasteiger partial charge < -0.3 is 5.32 Å². The number of aryl methyl sites for hydroxylation is 1. The van der Waals surface area contributed by atoms with Gasteiger partial charge >= 0.3 is 0 Å². The predicted molar refractivity (Wildman–Crippen MR) is 110 cm³/mol. The molecule has 1 heterocycles. The van der Waals surface area contributed by atoms with E-state index in [1.54, 1.807) is 24.3 Å². The quantitative estimate of drug-likeness (QED) is 0.596. The number of aromatic nitrogens is 1. The summed E-state index contributed by atoms with van der Waals surface area (Å²) in [6.07, 6.45) is 0. The highest BCUT2D eigenvalue weighted by atomic mass is 35.5. The van der Waals surface area contributed by atoms with Gasteiger partial charge in [-0.15, -0.1) is 0 Å². The van der Waals surface area contributed by atoms with E-state index in [2.05, 4.69) is 16.4 Å². The third kappa shape index (κ3) is 4.88. The lowest BCUT2D eigenvalue weighted by Gasteiger charge is -2.09. The Bertz CT molecular complexity index is 1010.